The van der Waals surface area contributed by atoms with Crippen molar-refractivity contribution >= 4 is 27.3 Å². The summed E-state index contributed by atoms with van der Waals surface area (Å²) in [7, 11) is -2.36. The number of hydrogen-bond donors (Lipinski definition) is 2. The van der Waals surface area contributed by atoms with Crippen LogP contribution >= 0.6 is 0 Å². The van der Waals surface area contributed by atoms with Crippen molar-refractivity contribution in [3.05, 3.63) is 77.9 Å². The number of sulfonamides is 1. The highest BCUT2D eigenvalue weighted by molar-refractivity contribution is 7.92. The van der Waals surface area contributed by atoms with E-state index in [4.69, 9.17) is 9.47 Å². The highest BCUT2D eigenvalue weighted by Crippen LogP contribution is 2.28. The molecule has 2 N–H and O–H groups in total. The molecule has 0 spiro atoms. The minimum absolute atomic E-state index is 0.0583. The highest BCUT2D eigenvalue weighted by atomic mass is 32.2. The molecule has 168 valence electrons. The summed E-state index contributed by atoms with van der Waals surface area (Å²) in [6.45, 7) is 5.47. The molecule has 0 bridgehead atoms. The van der Waals surface area contributed by atoms with Crippen molar-refractivity contribution in [3.8, 4) is 11.5 Å². The highest BCUT2D eigenvalue weighted by Gasteiger charge is 2.18. The number of methoxy groups -OCH3 is 1. The third-order valence-corrected chi connectivity index (χ3v) is 6.12. The van der Waals surface area contributed by atoms with Crippen molar-refractivity contribution in [3.63, 3.8) is 0 Å². The van der Waals surface area contributed by atoms with Crippen molar-refractivity contribution in [1.29, 1.82) is 0 Å². The Morgan fingerprint density at radius 3 is 2.16 bits per heavy atom. The fourth-order valence-electron chi connectivity index (χ4n) is 2.94. The summed E-state index contributed by atoms with van der Waals surface area (Å²) < 4.78 is 39.0. The topological polar surface area (TPSA) is 93.7 Å². The zero-order valence-electron chi connectivity index (χ0n) is 18.4. The molecule has 0 heterocycles. The Bertz CT molecular complexity index is 1190. The number of aryl methyl sites for hydroxylation is 2. The van der Waals surface area contributed by atoms with Crippen LogP contribution in [-0.2, 0) is 14.8 Å². The van der Waals surface area contributed by atoms with Crippen LogP contribution in [0, 0.1) is 13.8 Å². The molecule has 3 rings (SSSR count). The van der Waals surface area contributed by atoms with Gasteiger partial charge >= 0.3 is 0 Å². The van der Waals surface area contributed by atoms with Crippen LogP contribution in [0.2, 0.25) is 0 Å². The fraction of sp³-hybridized carbons (Fsp3) is 0.208. The van der Waals surface area contributed by atoms with Crippen molar-refractivity contribution in [2.24, 2.45) is 0 Å². The van der Waals surface area contributed by atoms with Gasteiger partial charge in [-0.1, -0.05) is 23.8 Å². The number of carbonyl (C=O) groups is 1. The van der Waals surface area contributed by atoms with Gasteiger partial charge in [-0.05, 0) is 74.9 Å². The van der Waals surface area contributed by atoms with E-state index in [0.717, 1.165) is 11.1 Å². The zero-order chi connectivity index (χ0) is 23.3. The molecule has 0 saturated heterocycles. The van der Waals surface area contributed by atoms with Gasteiger partial charge < -0.3 is 14.8 Å². The Morgan fingerprint density at radius 2 is 1.53 bits per heavy atom. The Balaban J connectivity index is 1.66. The predicted octanol–water partition coefficient (Wildman–Crippen LogP) is 4.52. The number of hydrogen-bond acceptors (Lipinski definition) is 5. The molecule has 0 aliphatic carbocycles. The summed E-state index contributed by atoms with van der Waals surface area (Å²) in [5.74, 6) is 0.673. The van der Waals surface area contributed by atoms with E-state index in [2.05, 4.69) is 10.0 Å². The van der Waals surface area contributed by atoms with Crippen molar-refractivity contribution < 1.29 is 22.7 Å². The third kappa shape index (κ3) is 5.79. The van der Waals surface area contributed by atoms with Crippen LogP contribution in [0.1, 0.15) is 18.1 Å². The monoisotopic (exact) mass is 454 g/mol. The SMILES string of the molecule is COc1ccc(C)cc1NS(=O)(=O)c1ccc(NC(=O)[C@H](C)Oc2ccc(C)cc2)cc1. The van der Waals surface area contributed by atoms with Crippen LogP contribution in [0.25, 0.3) is 0 Å². The lowest BCUT2D eigenvalue weighted by atomic mass is 10.2. The van der Waals surface area contributed by atoms with Gasteiger partial charge in [0.25, 0.3) is 15.9 Å². The maximum Gasteiger partial charge on any atom is 0.265 e. The number of nitrogens with one attached hydrogen (secondary N) is 2. The molecule has 1 amide bonds. The third-order valence-electron chi connectivity index (χ3n) is 4.73. The second-order valence-electron chi connectivity index (χ2n) is 7.40. The van der Waals surface area contributed by atoms with Gasteiger partial charge in [0, 0.05) is 5.69 Å². The summed E-state index contributed by atoms with van der Waals surface area (Å²) >= 11 is 0. The number of anilines is 2. The minimum Gasteiger partial charge on any atom is -0.495 e. The quantitative estimate of drug-likeness (QED) is 0.522. The predicted molar refractivity (Wildman–Crippen MR) is 125 cm³/mol. The largest absolute Gasteiger partial charge is 0.495 e. The van der Waals surface area contributed by atoms with Crippen molar-refractivity contribution in [2.45, 2.75) is 31.8 Å². The first-order valence-electron chi connectivity index (χ1n) is 9.99. The Kier molecular flexibility index (Phi) is 7.05. The van der Waals surface area contributed by atoms with Crippen molar-refractivity contribution in [2.75, 3.05) is 17.1 Å². The first-order chi connectivity index (χ1) is 15.2. The number of amides is 1. The lowest BCUT2D eigenvalue weighted by Gasteiger charge is -2.15. The second kappa shape index (κ2) is 9.74. The van der Waals surface area contributed by atoms with Crippen molar-refractivity contribution in [1.82, 2.24) is 0 Å². The van der Waals surface area contributed by atoms with Crippen LogP contribution in [0.4, 0.5) is 11.4 Å². The van der Waals surface area contributed by atoms with Crippen LogP contribution in [0.3, 0.4) is 0 Å². The van der Waals surface area contributed by atoms with Gasteiger partial charge in [-0.2, -0.15) is 0 Å². The molecule has 0 fully saturated rings. The van der Waals surface area contributed by atoms with E-state index >= 15 is 0 Å². The van der Waals surface area contributed by atoms with Gasteiger partial charge in [0.1, 0.15) is 11.5 Å². The fourth-order valence-corrected chi connectivity index (χ4v) is 4.00. The van der Waals surface area contributed by atoms with E-state index in [1.54, 1.807) is 31.2 Å². The van der Waals surface area contributed by atoms with Crippen LogP contribution in [-0.4, -0.2) is 27.5 Å². The Morgan fingerprint density at radius 1 is 0.906 bits per heavy atom. The molecule has 0 aliphatic heterocycles. The average Bonchev–Trinajstić information content (AvgIpc) is 2.75. The van der Waals surface area contributed by atoms with Crippen LogP contribution in [0.5, 0.6) is 11.5 Å². The molecule has 3 aromatic rings. The van der Waals surface area contributed by atoms with E-state index < -0.39 is 16.1 Å². The molecule has 0 aromatic heterocycles. The molecular formula is C24H26N2O5S. The number of benzene rings is 3. The zero-order valence-corrected chi connectivity index (χ0v) is 19.2. The molecule has 1 atom stereocenters. The molecule has 0 unspecified atom stereocenters. The van der Waals surface area contributed by atoms with Gasteiger partial charge in [-0.25, -0.2) is 8.42 Å². The minimum atomic E-state index is -3.84. The van der Waals surface area contributed by atoms with Gasteiger partial charge in [-0.3, -0.25) is 9.52 Å². The summed E-state index contributed by atoms with van der Waals surface area (Å²) in [6, 6.07) is 18.5. The first kappa shape index (κ1) is 23.1. The lowest BCUT2D eigenvalue weighted by molar-refractivity contribution is -0.122. The lowest BCUT2D eigenvalue weighted by Crippen LogP contribution is -2.30. The van der Waals surface area contributed by atoms with Crippen LogP contribution in [0.15, 0.2) is 71.6 Å². The van der Waals surface area contributed by atoms with Gasteiger partial charge in [-0.15, -0.1) is 0 Å². The average molecular weight is 455 g/mol. The number of carbonyl (C=O) groups excluding carboxylic acids is 1. The molecular weight excluding hydrogens is 428 g/mol. The molecule has 0 aliphatic rings. The van der Waals surface area contributed by atoms with Gasteiger partial charge in [0.05, 0.1) is 17.7 Å². The standard InChI is InChI=1S/C24H26N2O5S/c1-16-5-10-20(11-6-16)31-18(3)24(27)25-19-8-12-21(13-9-19)32(28,29)26-22-15-17(2)7-14-23(22)30-4/h5-15,18,26H,1-4H3,(H,25,27)/t18-/m0/s1. The molecule has 3 aromatic carbocycles. The molecule has 32 heavy (non-hydrogen) atoms. The van der Waals surface area contributed by atoms with E-state index in [1.165, 1.54) is 31.4 Å². The normalized spacial score (nSPS) is 12.0. The Hall–Kier alpha value is -3.52. The summed E-state index contributed by atoms with van der Waals surface area (Å²) in [6.07, 6.45) is -0.725. The number of ether oxygens (including phenoxy) is 2. The van der Waals surface area contributed by atoms with Crippen LogP contribution < -0.4 is 19.5 Å². The van der Waals surface area contributed by atoms with E-state index in [1.807, 2.05) is 32.0 Å². The molecule has 0 saturated carbocycles. The maximum absolute atomic E-state index is 12.8. The smallest absolute Gasteiger partial charge is 0.265 e. The van der Waals surface area contributed by atoms with E-state index in [0.29, 0.717) is 22.9 Å². The van der Waals surface area contributed by atoms with E-state index in [-0.39, 0.29) is 10.8 Å². The number of rotatable bonds is 8. The molecule has 8 heteroatoms. The molecule has 7 nitrogen and oxygen atoms in total. The molecule has 0 radical (unpaired) electrons. The second-order valence-corrected chi connectivity index (χ2v) is 9.08. The summed E-state index contributed by atoms with van der Waals surface area (Å²) in [5.41, 5.74) is 2.80. The van der Waals surface area contributed by atoms with Gasteiger partial charge in [0.15, 0.2) is 6.10 Å². The maximum atomic E-state index is 12.8. The Labute approximate surface area is 188 Å². The van der Waals surface area contributed by atoms with Gasteiger partial charge in [0.2, 0.25) is 0 Å². The summed E-state index contributed by atoms with van der Waals surface area (Å²) in [5, 5.41) is 2.73. The summed E-state index contributed by atoms with van der Waals surface area (Å²) in [4.78, 5) is 12.5. The van der Waals surface area contributed by atoms with E-state index in [9.17, 15) is 13.2 Å². The first-order valence-corrected chi connectivity index (χ1v) is 11.5.